The summed E-state index contributed by atoms with van der Waals surface area (Å²) >= 11 is 2.09. The molecule has 0 aliphatic heterocycles. The van der Waals surface area contributed by atoms with Crippen LogP contribution in [0.3, 0.4) is 0 Å². The van der Waals surface area contributed by atoms with E-state index in [0.717, 1.165) is 9.65 Å². The molecule has 0 bridgehead atoms. The predicted octanol–water partition coefficient (Wildman–Crippen LogP) is 2.47. The van der Waals surface area contributed by atoms with E-state index in [0.29, 0.717) is 18.4 Å². The third kappa shape index (κ3) is 5.10. The third-order valence-electron chi connectivity index (χ3n) is 2.84. The summed E-state index contributed by atoms with van der Waals surface area (Å²) in [6.45, 7) is 0. The highest BCUT2D eigenvalue weighted by Crippen LogP contribution is 2.30. The summed E-state index contributed by atoms with van der Waals surface area (Å²) < 4.78 is 6.12. The lowest BCUT2D eigenvalue weighted by Crippen LogP contribution is -2.21. The lowest BCUT2D eigenvalue weighted by molar-refractivity contribution is -0.131. The van der Waals surface area contributed by atoms with E-state index in [2.05, 4.69) is 22.6 Å². The van der Waals surface area contributed by atoms with Gasteiger partial charge in [0.15, 0.2) is 0 Å². The molecule has 2 atom stereocenters. The fourth-order valence-electron chi connectivity index (χ4n) is 1.81. The number of hydrogen-bond donors (Lipinski definition) is 3. The van der Waals surface area contributed by atoms with Crippen LogP contribution < -0.4 is 0 Å². The molecule has 6 heteroatoms. The molecule has 110 valence electrons. The summed E-state index contributed by atoms with van der Waals surface area (Å²) in [6.07, 6.45) is 2.00. The average Bonchev–Trinajstić information content (AvgIpc) is 2.40. The van der Waals surface area contributed by atoms with Crippen LogP contribution in [0.4, 0.5) is 0 Å². The number of carbonyl (C=O) groups is 1. The van der Waals surface area contributed by atoms with Gasteiger partial charge in [-0.2, -0.15) is 0 Å². The van der Waals surface area contributed by atoms with E-state index in [1.807, 2.05) is 0 Å². The van der Waals surface area contributed by atoms with E-state index in [-0.39, 0.29) is 5.75 Å². The van der Waals surface area contributed by atoms with Gasteiger partial charge in [-0.3, -0.25) is 0 Å². The minimum absolute atomic E-state index is 0.0149. The van der Waals surface area contributed by atoms with Gasteiger partial charge in [-0.05, 0) is 53.6 Å². The Kier molecular flexibility index (Phi) is 6.97. The number of phenolic OH excluding ortho intramolecular Hbond substituents is 1. The first-order chi connectivity index (χ1) is 9.45. The minimum Gasteiger partial charge on any atom is -0.508 e. The Morgan fingerprint density at radius 2 is 2.20 bits per heavy atom. The monoisotopic (exact) mass is 392 g/mol. The Balaban J connectivity index is 2.73. The molecule has 5 nitrogen and oxygen atoms in total. The molecule has 0 saturated carbocycles. The van der Waals surface area contributed by atoms with Crippen molar-refractivity contribution in [1.82, 2.24) is 0 Å². The first kappa shape index (κ1) is 16.9. The fraction of sp³-hybridized carbons (Fsp3) is 0.357. The Morgan fingerprint density at radius 1 is 1.50 bits per heavy atom. The van der Waals surface area contributed by atoms with Crippen LogP contribution in [0.5, 0.6) is 5.75 Å². The predicted molar refractivity (Wildman–Crippen MR) is 82.6 cm³/mol. The molecule has 0 unspecified atom stereocenters. The highest BCUT2D eigenvalue weighted by molar-refractivity contribution is 14.1. The number of aliphatic carboxylic acids is 1. The first-order valence-corrected chi connectivity index (χ1v) is 7.12. The van der Waals surface area contributed by atoms with Gasteiger partial charge in [0.2, 0.25) is 0 Å². The molecule has 0 aliphatic carbocycles. The molecule has 0 radical (unpaired) electrons. The summed E-state index contributed by atoms with van der Waals surface area (Å²) in [7, 11) is 1.47. The zero-order valence-electron chi connectivity index (χ0n) is 11.0. The van der Waals surface area contributed by atoms with Crippen LogP contribution >= 0.6 is 22.6 Å². The second-order valence-electron chi connectivity index (χ2n) is 4.24. The number of hydrogen-bond acceptors (Lipinski definition) is 4. The van der Waals surface area contributed by atoms with Crippen molar-refractivity contribution in [2.24, 2.45) is 0 Å². The second kappa shape index (κ2) is 8.23. The van der Waals surface area contributed by atoms with Crippen molar-refractivity contribution < 1.29 is 24.9 Å². The van der Waals surface area contributed by atoms with E-state index >= 15 is 0 Å². The van der Waals surface area contributed by atoms with Crippen LogP contribution in [-0.4, -0.2) is 34.5 Å². The molecule has 0 heterocycles. The molecule has 1 aromatic carbocycles. The van der Waals surface area contributed by atoms with Crippen molar-refractivity contribution in [2.75, 3.05) is 7.11 Å². The molecule has 0 aromatic heterocycles. The summed E-state index contributed by atoms with van der Waals surface area (Å²) in [6, 6.07) is 4.96. The topological polar surface area (TPSA) is 87.0 Å². The Hall–Kier alpha value is -1.12. The standard InChI is InChI=1S/C14H17IO5/c1-20-12(4-2-3-5-13(17)18)14(19)10-8-9(15)6-7-11(10)16/h3,5-8,12,14,16,19H,2,4H2,1H3,(H,17,18)/b5-3+/t12-,14-/m1/s1. The van der Waals surface area contributed by atoms with Crippen molar-refractivity contribution in [3.05, 3.63) is 39.5 Å². The van der Waals surface area contributed by atoms with Gasteiger partial charge in [-0.15, -0.1) is 0 Å². The molecule has 3 N–H and O–H groups in total. The molecule has 0 saturated heterocycles. The number of allylic oxidation sites excluding steroid dienone is 1. The van der Waals surface area contributed by atoms with Gasteiger partial charge in [0, 0.05) is 22.3 Å². The van der Waals surface area contributed by atoms with E-state index in [9.17, 15) is 15.0 Å². The van der Waals surface area contributed by atoms with Crippen LogP contribution in [0.2, 0.25) is 0 Å². The quantitative estimate of drug-likeness (QED) is 0.490. The van der Waals surface area contributed by atoms with Gasteiger partial charge < -0.3 is 20.1 Å². The molecular weight excluding hydrogens is 375 g/mol. The Morgan fingerprint density at radius 3 is 2.80 bits per heavy atom. The number of phenols is 1. The van der Waals surface area contributed by atoms with Gasteiger partial charge in [0.25, 0.3) is 0 Å². The minimum atomic E-state index is -1.00. The smallest absolute Gasteiger partial charge is 0.327 e. The molecule has 0 spiro atoms. The maximum Gasteiger partial charge on any atom is 0.327 e. The van der Waals surface area contributed by atoms with Crippen molar-refractivity contribution in [1.29, 1.82) is 0 Å². The summed E-state index contributed by atoms with van der Waals surface area (Å²) in [4.78, 5) is 10.3. The number of rotatable bonds is 7. The molecule has 1 rings (SSSR count). The van der Waals surface area contributed by atoms with Crippen LogP contribution in [0.15, 0.2) is 30.4 Å². The van der Waals surface area contributed by atoms with Gasteiger partial charge in [-0.1, -0.05) is 6.08 Å². The number of carboxylic acid groups (broad SMARTS) is 1. The number of aliphatic hydroxyl groups is 1. The number of methoxy groups -OCH3 is 1. The van der Waals surface area contributed by atoms with Crippen LogP contribution in [-0.2, 0) is 9.53 Å². The van der Waals surface area contributed by atoms with Crippen molar-refractivity contribution in [3.63, 3.8) is 0 Å². The molecule has 1 aromatic rings. The zero-order valence-corrected chi connectivity index (χ0v) is 13.1. The van der Waals surface area contributed by atoms with Crippen molar-refractivity contribution >= 4 is 28.6 Å². The van der Waals surface area contributed by atoms with Crippen molar-refractivity contribution in [3.8, 4) is 5.75 Å². The highest BCUT2D eigenvalue weighted by atomic mass is 127. The number of ether oxygens (including phenoxy) is 1. The third-order valence-corrected chi connectivity index (χ3v) is 3.51. The number of aliphatic hydroxyl groups excluding tert-OH is 1. The normalized spacial score (nSPS) is 14.3. The van der Waals surface area contributed by atoms with Gasteiger partial charge in [-0.25, -0.2) is 4.79 Å². The number of carboxylic acids is 1. The van der Waals surface area contributed by atoms with Gasteiger partial charge in [0.1, 0.15) is 11.9 Å². The number of halogens is 1. The SMILES string of the molecule is CO[C@H](CC/C=C/C(=O)O)[C@H](O)c1cc(I)ccc1O. The molecule has 0 aliphatic rings. The van der Waals surface area contributed by atoms with E-state index in [4.69, 9.17) is 9.84 Å². The fourth-order valence-corrected chi connectivity index (χ4v) is 2.33. The Bertz CT molecular complexity index is 486. The number of aromatic hydroxyl groups is 1. The first-order valence-electron chi connectivity index (χ1n) is 6.04. The molecule has 0 fully saturated rings. The average molecular weight is 392 g/mol. The summed E-state index contributed by atoms with van der Waals surface area (Å²) in [5, 5.41) is 28.5. The van der Waals surface area contributed by atoms with Gasteiger partial charge >= 0.3 is 5.97 Å². The van der Waals surface area contributed by atoms with E-state index in [1.165, 1.54) is 19.3 Å². The molecule has 20 heavy (non-hydrogen) atoms. The van der Waals surface area contributed by atoms with E-state index < -0.39 is 18.2 Å². The lowest BCUT2D eigenvalue weighted by Gasteiger charge is -2.22. The second-order valence-corrected chi connectivity index (χ2v) is 5.49. The largest absolute Gasteiger partial charge is 0.508 e. The number of benzene rings is 1. The van der Waals surface area contributed by atoms with Gasteiger partial charge in [0.05, 0.1) is 6.10 Å². The van der Waals surface area contributed by atoms with Crippen LogP contribution in [0.1, 0.15) is 24.5 Å². The molecule has 0 amide bonds. The van der Waals surface area contributed by atoms with Crippen LogP contribution in [0.25, 0.3) is 0 Å². The van der Waals surface area contributed by atoms with Crippen molar-refractivity contribution in [2.45, 2.75) is 25.0 Å². The van der Waals surface area contributed by atoms with Crippen LogP contribution in [0, 0.1) is 3.57 Å². The maximum atomic E-state index is 10.3. The lowest BCUT2D eigenvalue weighted by atomic mass is 10.00. The summed E-state index contributed by atoms with van der Waals surface area (Å²) in [5.74, 6) is -0.990. The maximum absolute atomic E-state index is 10.3. The molecular formula is C14H17IO5. The van der Waals surface area contributed by atoms with E-state index in [1.54, 1.807) is 12.1 Å². The summed E-state index contributed by atoms with van der Waals surface area (Å²) in [5.41, 5.74) is 0.408. The zero-order chi connectivity index (χ0) is 15.1. The highest BCUT2D eigenvalue weighted by Gasteiger charge is 2.22. The Labute approximate surface area is 131 Å².